The molecule has 0 saturated heterocycles. The van der Waals surface area contributed by atoms with E-state index in [2.05, 4.69) is 61.6 Å². The number of hydrogen-bond donors (Lipinski definition) is 1. The van der Waals surface area contributed by atoms with Crippen LogP contribution >= 0.6 is 0 Å². The SMILES string of the molecule is CC(=O)/C=C(/C)O.C[Si]1(C)c2ccc[c-]c2-c2nc3cccc4c3c(c21)C=C4.[Ir]. The van der Waals surface area contributed by atoms with Gasteiger partial charge in [0.25, 0.3) is 0 Å². The Morgan fingerprint density at radius 2 is 1.90 bits per heavy atom. The molecule has 0 amide bonds. The third-order valence-electron chi connectivity index (χ3n) is 5.32. The average Bonchev–Trinajstić information content (AvgIpc) is 3.14. The number of aliphatic hydroxyl groups excluding tert-OH is 1. The van der Waals surface area contributed by atoms with Gasteiger partial charge in [-0.1, -0.05) is 42.6 Å². The van der Waals surface area contributed by atoms with Gasteiger partial charge in [0.1, 0.15) is 0 Å². The fourth-order valence-corrected chi connectivity index (χ4v) is 7.50. The van der Waals surface area contributed by atoms with E-state index >= 15 is 0 Å². The predicted octanol–water partition coefficient (Wildman–Crippen LogP) is 4.36. The molecule has 0 spiro atoms. The number of ketones is 1. The fourth-order valence-electron chi connectivity index (χ4n) is 4.25. The summed E-state index contributed by atoms with van der Waals surface area (Å²) >= 11 is 0. The van der Waals surface area contributed by atoms with E-state index in [1.165, 1.54) is 58.1 Å². The smallest absolute Gasteiger partial charge is 0.155 e. The van der Waals surface area contributed by atoms with Gasteiger partial charge in [-0.15, -0.1) is 35.0 Å². The molecule has 0 atom stereocenters. The molecule has 0 unspecified atom stereocenters. The molecule has 29 heavy (non-hydrogen) atoms. The van der Waals surface area contributed by atoms with Crippen LogP contribution in [0.4, 0.5) is 0 Å². The summed E-state index contributed by atoms with van der Waals surface area (Å²) in [5, 5.41) is 12.7. The van der Waals surface area contributed by atoms with E-state index in [1.54, 1.807) is 0 Å². The second-order valence-corrected chi connectivity index (χ2v) is 12.1. The van der Waals surface area contributed by atoms with Gasteiger partial charge in [0.15, 0.2) is 5.78 Å². The second kappa shape index (κ2) is 7.83. The Balaban J connectivity index is 0.000000263. The molecule has 0 bridgehead atoms. The van der Waals surface area contributed by atoms with Crippen molar-refractivity contribution in [3.63, 3.8) is 0 Å². The molecule has 1 radical (unpaired) electrons. The Morgan fingerprint density at radius 3 is 2.55 bits per heavy atom. The van der Waals surface area contributed by atoms with Gasteiger partial charge >= 0.3 is 0 Å². The quantitative estimate of drug-likeness (QED) is 0.159. The van der Waals surface area contributed by atoms with E-state index in [-0.39, 0.29) is 31.6 Å². The molecule has 0 saturated carbocycles. The number of carbonyl (C=O) groups is 1. The van der Waals surface area contributed by atoms with E-state index in [1.807, 2.05) is 6.07 Å². The molecule has 1 aliphatic carbocycles. The first-order valence-electron chi connectivity index (χ1n) is 9.35. The van der Waals surface area contributed by atoms with Crippen LogP contribution in [0.1, 0.15) is 25.0 Å². The first-order valence-corrected chi connectivity index (χ1v) is 12.4. The molecule has 5 rings (SSSR count). The molecule has 3 aromatic rings. The summed E-state index contributed by atoms with van der Waals surface area (Å²) in [6.07, 6.45) is 5.69. The molecule has 1 N–H and O–H groups in total. The Hall–Kier alpha value is -2.33. The number of fused-ring (bicyclic) bond motifs is 4. The fraction of sp³-hybridized carbons (Fsp3) is 0.167. The number of hydrogen-bond acceptors (Lipinski definition) is 3. The van der Waals surface area contributed by atoms with Crippen molar-refractivity contribution in [1.29, 1.82) is 0 Å². The zero-order valence-corrected chi connectivity index (χ0v) is 20.2. The summed E-state index contributed by atoms with van der Waals surface area (Å²) < 4.78 is 0. The molecule has 1 aromatic heterocycles. The predicted molar refractivity (Wildman–Crippen MR) is 119 cm³/mol. The third-order valence-corrected chi connectivity index (χ3v) is 8.83. The van der Waals surface area contributed by atoms with Gasteiger partial charge in [-0.3, -0.25) is 9.78 Å². The van der Waals surface area contributed by atoms with Crippen LogP contribution in [0.25, 0.3) is 34.3 Å². The van der Waals surface area contributed by atoms with Crippen molar-refractivity contribution in [1.82, 2.24) is 4.98 Å². The molecule has 2 heterocycles. The molecule has 1 aliphatic heterocycles. The molecule has 0 fully saturated rings. The van der Waals surface area contributed by atoms with Crippen molar-refractivity contribution in [2.24, 2.45) is 0 Å². The van der Waals surface area contributed by atoms with Crippen molar-refractivity contribution < 1.29 is 30.0 Å². The van der Waals surface area contributed by atoms with Gasteiger partial charge in [0, 0.05) is 31.6 Å². The van der Waals surface area contributed by atoms with Crippen molar-refractivity contribution in [3.05, 3.63) is 65.4 Å². The van der Waals surface area contributed by atoms with E-state index in [9.17, 15) is 4.79 Å². The summed E-state index contributed by atoms with van der Waals surface area (Å²) in [5.74, 6) is -0.0625. The molecule has 2 aliphatic rings. The van der Waals surface area contributed by atoms with Crippen LogP contribution in [0.5, 0.6) is 0 Å². The minimum atomic E-state index is -1.68. The zero-order valence-electron chi connectivity index (χ0n) is 16.8. The van der Waals surface area contributed by atoms with Gasteiger partial charge in [-0.05, 0) is 36.7 Å². The Labute approximate surface area is 185 Å². The number of aromatic nitrogens is 1. The van der Waals surface area contributed by atoms with Crippen molar-refractivity contribution >= 4 is 47.3 Å². The average molecular weight is 577 g/mol. The summed E-state index contributed by atoms with van der Waals surface area (Å²) in [7, 11) is -1.68. The van der Waals surface area contributed by atoms with Crippen molar-refractivity contribution in [3.8, 4) is 11.3 Å². The summed E-state index contributed by atoms with van der Waals surface area (Å²) in [4.78, 5) is 15.0. The number of benzene rings is 2. The summed E-state index contributed by atoms with van der Waals surface area (Å²) in [6.45, 7) is 7.72. The molecule has 2 aromatic carbocycles. The first kappa shape index (κ1) is 21.4. The van der Waals surface area contributed by atoms with Crippen LogP contribution in [-0.4, -0.2) is 23.9 Å². The van der Waals surface area contributed by atoms with Gasteiger partial charge in [-0.2, -0.15) is 0 Å². The van der Waals surface area contributed by atoms with Crippen molar-refractivity contribution in [2.45, 2.75) is 26.9 Å². The molecule has 3 nitrogen and oxygen atoms in total. The minimum absolute atomic E-state index is 0. The van der Waals surface area contributed by atoms with Crippen LogP contribution in [0.3, 0.4) is 0 Å². The normalized spacial score (nSPS) is 14.6. The largest absolute Gasteiger partial charge is 0.512 e. The minimum Gasteiger partial charge on any atom is -0.512 e. The first-order chi connectivity index (χ1) is 13.3. The van der Waals surface area contributed by atoms with E-state index in [4.69, 9.17) is 10.1 Å². The number of nitrogens with zero attached hydrogens (tertiary/aromatic N) is 1. The van der Waals surface area contributed by atoms with Gasteiger partial charge in [0.2, 0.25) is 0 Å². The van der Waals surface area contributed by atoms with Gasteiger partial charge in [-0.25, -0.2) is 0 Å². The molecular formula is C24H22IrNO2Si-. The molecule has 149 valence electrons. The maximum absolute atomic E-state index is 10.0. The number of carbonyl (C=O) groups excluding carboxylic acids is 1. The maximum atomic E-state index is 10.0. The Bertz CT molecular complexity index is 1190. The van der Waals surface area contributed by atoms with Crippen LogP contribution < -0.4 is 10.4 Å². The summed E-state index contributed by atoms with van der Waals surface area (Å²) in [5.41, 5.74) is 6.23. The Kier molecular flexibility index (Phi) is 5.77. The van der Waals surface area contributed by atoms with Crippen LogP contribution in [-0.2, 0) is 24.9 Å². The molecular weight excluding hydrogens is 555 g/mol. The number of pyridine rings is 1. The van der Waals surface area contributed by atoms with Crippen LogP contribution in [0, 0.1) is 6.07 Å². The topological polar surface area (TPSA) is 50.2 Å². The van der Waals surface area contributed by atoms with E-state index in [0.29, 0.717) is 0 Å². The monoisotopic (exact) mass is 577 g/mol. The van der Waals surface area contributed by atoms with E-state index < -0.39 is 8.07 Å². The van der Waals surface area contributed by atoms with E-state index in [0.717, 1.165) is 5.52 Å². The number of rotatable bonds is 1. The summed E-state index contributed by atoms with van der Waals surface area (Å²) in [6, 6.07) is 16.3. The zero-order chi connectivity index (χ0) is 20.1. The van der Waals surface area contributed by atoms with Crippen LogP contribution in [0.15, 0.2) is 48.2 Å². The van der Waals surface area contributed by atoms with Gasteiger partial charge < -0.3 is 5.11 Å². The number of aliphatic hydroxyl groups is 1. The second-order valence-electron chi connectivity index (χ2n) is 7.80. The number of allylic oxidation sites excluding steroid dienone is 2. The standard InChI is InChI=1S/C19H14NSi.C5H8O2.Ir/c1-21(2)16-9-4-3-7-13(16)18-19(21)14-11-10-12-6-5-8-15(20-18)17(12)14;1-4(6)3-5(2)7;/h3-6,8-11H,1-2H3;3,6H,1-2H3;/q-1;;/b;4-3-;. The maximum Gasteiger partial charge on any atom is 0.155 e. The van der Waals surface area contributed by atoms with Crippen molar-refractivity contribution in [2.75, 3.05) is 0 Å². The molecule has 5 heteroatoms. The third kappa shape index (κ3) is 3.55. The van der Waals surface area contributed by atoms with Gasteiger partial charge in [0.05, 0.1) is 19.3 Å². The van der Waals surface area contributed by atoms with Crippen LogP contribution in [0.2, 0.25) is 13.1 Å². The Morgan fingerprint density at radius 1 is 1.14 bits per heavy atom.